The highest BCUT2D eigenvalue weighted by Gasteiger charge is 2.25. The second-order valence-electron chi connectivity index (χ2n) is 5.49. The van der Waals surface area contributed by atoms with Crippen LogP contribution < -0.4 is 10.6 Å². The number of carbonyl (C=O) groups is 1. The topological polar surface area (TPSA) is 83.0 Å². The van der Waals surface area contributed by atoms with Crippen molar-refractivity contribution in [2.24, 2.45) is 11.7 Å². The molecule has 3 rings (SSSR count). The van der Waals surface area contributed by atoms with Gasteiger partial charge in [0.1, 0.15) is 5.82 Å². The quantitative estimate of drug-likeness (QED) is 0.923. The monoisotopic (exact) mass is 314 g/mol. The van der Waals surface area contributed by atoms with Crippen molar-refractivity contribution in [1.82, 2.24) is 4.98 Å². The molecular weight excluding hydrogens is 300 g/mol. The van der Waals surface area contributed by atoms with Crippen LogP contribution in [-0.2, 0) is 4.79 Å². The smallest absolute Gasteiger partial charge is 0.222 e. The Bertz CT molecular complexity index is 784. The van der Waals surface area contributed by atoms with Crippen LogP contribution in [0, 0.1) is 17.2 Å². The molecule has 112 valence electrons. The maximum absolute atomic E-state index is 11.4. The molecule has 1 aliphatic rings. The van der Waals surface area contributed by atoms with E-state index in [0.29, 0.717) is 22.9 Å². The number of nitriles is 1. The fraction of sp³-hybridized carbons (Fsp3) is 0.312. The van der Waals surface area contributed by atoms with E-state index < -0.39 is 0 Å². The van der Waals surface area contributed by atoms with Crippen LogP contribution in [0.3, 0.4) is 0 Å². The van der Waals surface area contributed by atoms with E-state index in [1.807, 2.05) is 4.90 Å². The largest absolute Gasteiger partial charge is 0.369 e. The maximum Gasteiger partial charge on any atom is 0.222 e. The summed E-state index contributed by atoms with van der Waals surface area (Å²) in [6.45, 7) is 1.35. The molecule has 6 heteroatoms. The van der Waals surface area contributed by atoms with Crippen LogP contribution in [-0.4, -0.2) is 24.0 Å². The third-order valence-corrected chi connectivity index (χ3v) is 4.26. The predicted octanol–water partition coefficient (Wildman–Crippen LogP) is 2.46. The number of piperidine rings is 1. The zero-order chi connectivity index (χ0) is 15.7. The zero-order valence-electron chi connectivity index (χ0n) is 11.9. The Balaban J connectivity index is 2.02. The lowest BCUT2D eigenvalue weighted by Crippen LogP contribution is -2.41. The first-order valence-corrected chi connectivity index (χ1v) is 7.51. The SMILES string of the molecule is N#Cc1cc(N2CCCC(C(N)=O)C2)nc2ccc(Cl)cc12. The number of benzene rings is 1. The lowest BCUT2D eigenvalue weighted by Gasteiger charge is -2.32. The Labute approximate surface area is 133 Å². The van der Waals surface area contributed by atoms with Gasteiger partial charge < -0.3 is 10.6 Å². The van der Waals surface area contributed by atoms with Crippen molar-refractivity contribution in [3.8, 4) is 6.07 Å². The minimum Gasteiger partial charge on any atom is -0.369 e. The lowest BCUT2D eigenvalue weighted by molar-refractivity contribution is -0.122. The van der Waals surface area contributed by atoms with Crippen molar-refractivity contribution in [2.45, 2.75) is 12.8 Å². The number of fused-ring (bicyclic) bond motifs is 1. The highest BCUT2D eigenvalue weighted by molar-refractivity contribution is 6.31. The number of rotatable bonds is 2. The number of pyridine rings is 1. The van der Waals surface area contributed by atoms with Gasteiger partial charge in [0.25, 0.3) is 0 Å². The van der Waals surface area contributed by atoms with Gasteiger partial charge in [-0.05, 0) is 37.1 Å². The van der Waals surface area contributed by atoms with Crippen LogP contribution in [0.4, 0.5) is 5.82 Å². The highest BCUT2D eigenvalue weighted by atomic mass is 35.5. The van der Waals surface area contributed by atoms with Gasteiger partial charge in [-0.1, -0.05) is 11.6 Å². The molecule has 1 aliphatic heterocycles. The summed E-state index contributed by atoms with van der Waals surface area (Å²) in [6, 6.07) is 9.25. The third-order valence-electron chi connectivity index (χ3n) is 4.03. The molecule has 1 saturated heterocycles. The molecule has 22 heavy (non-hydrogen) atoms. The molecule has 0 aliphatic carbocycles. The first kappa shape index (κ1) is 14.6. The van der Waals surface area contributed by atoms with E-state index in [2.05, 4.69) is 11.1 Å². The van der Waals surface area contributed by atoms with E-state index in [4.69, 9.17) is 17.3 Å². The molecular formula is C16H15ClN4O. The summed E-state index contributed by atoms with van der Waals surface area (Å²) in [4.78, 5) is 18.0. The van der Waals surface area contributed by atoms with Gasteiger partial charge >= 0.3 is 0 Å². The van der Waals surface area contributed by atoms with Gasteiger partial charge in [-0.15, -0.1) is 0 Å². The number of carbonyl (C=O) groups excluding carboxylic acids is 1. The van der Waals surface area contributed by atoms with Crippen LogP contribution >= 0.6 is 11.6 Å². The lowest BCUT2D eigenvalue weighted by atomic mass is 9.97. The van der Waals surface area contributed by atoms with Crippen molar-refractivity contribution in [3.05, 3.63) is 34.9 Å². The summed E-state index contributed by atoms with van der Waals surface area (Å²) < 4.78 is 0. The van der Waals surface area contributed by atoms with E-state index in [0.717, 1.165) is 30.3 Å². The first-order chi connectivity index (χ1) is 10.6. The highest BCUT2D eigenvalue weighted by Crippen LogP contribution is 2.28. The summed E-state index contributed by atoms with van der Waals surface area (Å²) in [5, 5.41) is 10.7. The van der Waals surface area contributed by atoms with Crippen molar-refractivity contribution in [1.29, 1.82) is 5.26 Å². The molecule has 0 radical (unpaired) electrons. The number of hydrogen-bond donors (Lipinski definition) is 1. The summed E-state index contributed by atoms with van der Waals surface area (Å²) in [5.74, 6) is 0.261. The average molecular weight is 315 g/mol. The molecule has 2 heterocycles. The van der Waals surface area contributed by atoms with Crippen LogP contribution in [0.2, 0.25) is 5.02 Å². The van der Waals surface area contributed by atoms with Crippen molar-refractivity contribution in [2.75, 3.05) is 18.0 Å². The Kier molecular flexibility index (Phi) is 3.86. The van der Waals surface area contributed by atoms with Gasteiger partial charge in [-0.2, -0.15) is 5.26 Å². The zero-order valence-corrected chi connectivity index (χ0v) is 12.7. The molecule has 1 fully saturated rings. The average Bonchev–Trinajstić information content (AvgIpc) is 2.54. The molecule has 1 unspecified atom stereocenters. The number of hydrogen-bond acceptors (Lipinski definition) is 4. The van der Waals surface area contributed by atoms with Crippen LogP contribution in [0.15, 0.2) is 24.3 Å². The minimum absolute atomic E-state index is 0.165. The summed E-state index contributed by atoms with van der Waals surface area (Å²) in [6.07, 6.45) is 1.69. The van der Waals surface area contributed by atoms with Gasteiger partial charge in [0.15, 0.2) is 0 Å². The molecule has 1 aromatic carbocycles. The van der Waals surface area contributed by atoms with E-state index in [-0.39, 0.29) is 11.8 Å². The Hall–Kier alpha value is -2.32. The van der Waals surface area contributed by atoms with Crippen molar-refractivity contribution >= 4 is 34.2 Å². The number of nitrogens with zero attached hydrogens (tertiary/aromatic N) is 3. The van der Waals surface area contributed by atoms with E-state index in [1.54, 1.807) is 24.3 Å². The van der Waals surface area contributed by atoms with E-state index >= 15 is 0 Å². The molecule has 0 saturated carbocycles. The third kappa shape index (κ3) is 2.70. The van der Waals surface area contributed by atoms with Gasteiger partial charge in [-0.25, -0.2) is 4.98 Å². The molecule has 2 N–H and O–H groups in total. The Morgan fingerprint density at radius 3 is 3.00 bits per heavy atom. The van der Waals surface area contributed by atoms with Gasteiger partial charge in [0.2, 0.25) is 5.91 Å². The molecule has 0 bridgehead atoms. The minimum atomic E-state index is -0.280. The number of halogens is 1. The fourth-order valence-corrected chi connectivity index (χ4v) is 3.03. The summed E-state index contributed by atoms with van der Waals surface area (Å²) in [7, 11) is 0. The molecule has 1 atom stereocenters. The van der Waals surface area contributed by atoms with Crippen molar-refractivity contribution < 1.29 is 4.79 Å². The number of anilines is 1. The van der Waals surface area contributed by atoms with Gasteiger partial charge in [-0.3, -0.25) is 4.79 Å². The number of amides is 1. The normalized spacial score (nSPS) is 18.2. The second-order valence-corrected chi connectivity index (χ2v) is 5.93. The molecule has 5 nitrogen and oxygen atoms in total. The predicted molar refractivity (Wildman–Crippen MR) is 85.6 cm³/mol. The molecule has 1 amide bonds. The second kappa shape index (κ2) is 5.82. The summed E-state index contributed by atoms with van der Waals surface area (Å²) in [5.41, 5.74) is 6.67. The van der Waals surface area contributed by atoms with Crippen LogP contribution in [0.25, 0.3) is 10.9 Å². The molecule has 2 aromatic rings. The first-order valence-electron chi connectivity index (χ1n) is 7.13. The van der Waals surface area contributed by atoms with Crippen LogP contribution in [0.5, 0.6) is 0 Å². The van der Waals surface area contributed by atoms with Gasteiger partial charge in [0.05, 0.1) is 23.1 Å². The Morgan fingerprint density at radius 1 is 1.45 bits per heavy atom. The summed E-state index contributed by atoms with van der Waals surface area (Å²) >= 11 is 5.99. The number of primary amides is 1. The molecule has 1 aromatic heterocycles. The van der Waals surface area contributed by atoms with Crippen LogP contribution in [0.1, 0.15) is 18.4 Å². The maximum atomic E-state index is 11.4. The molecule has 0 spiro atoms. The fourth-order valence-electron chi connectivity index (χ4n) is 2.86. The van der Waals surface area contributed by atoms with E-state index in [9.17, 15) is 10.1 Å². The number of nitrogens with two attached hydrogens (primary N) is 1. The van der Waals surface area contributed by atoms with Gasteiger partial charge in [0, 0.05) is 23.5 Å². The van der Waals surface area contributed by atoms with E-state index in [1.165, 1.54) is 0 Å². The Morgan fingerprint density at radius 2 is 2.27 bits per heavy atom. The standard InChI is InChI=1S/C16H15ClN4O/c17-12-3-4-14-13(7-12)11(8-18)6-15(20-14)21-5-1-2-10(9-21)16(19)22/h3-4,6-7,10H,1-2,5,9H2,(H2,19,22). The number of aromatic nitrogens is 1. The van der Waals surface area contributed by atoms with Crippen molar-refractivity contribution in [3.63, 3.8) is 0 Å².